The molecule has 0 atom stereocenters. The Hall–Kier alpha value is -3.20. The summed E-state index contributed by atoms with van der Waals surface area (Å²) in [5.41, 5.74) is 3.73. The lowest BCUT2D eigenvalue weighted by molar-refractivity contribution is -0.384. The third kappa shape index (κ3) is 4.29. The van der Waals surface area contributed by atoms with Gasteiger partial charge in [0.2, 0.25) is 5.91 Å². The number of nitro groups is 1. The van der Waals surface area contributed by atoms with Crippen LogP contribution in [0.15, 0.2) is 41.6 Å². The number of hydrogen-bond acceptors (Lipinski definition) is 6. The lowest BCUT2D eigenvalue weighted by Gasteiger charge is -2.11. The first-order valence-electron chi connectivity index (χ1n) is 8.92. The average Bonchev–Trinajstić information content (AvgIpc) is 3.04. The quantitative estimate of drug-likeness (QED) is 0.373. The van der Waals surface area contributed by atoms with Crippen molar-refractivity contribution in [1.29, 1.82) is 0 Å². The molecule has 0 unspecified atom stereocenters. The molecule has 0 saturated heterocycles. The molecule has 2 aromatic carbocycles. The topological polar surface area (TPSA) is 103 Å². The number of nitrogens with one attached hydrogen (secondary N) is 1. The molecule has 9 heteroatoms. The fraction of sp³-hybridized carbons (Fsp3) is 0.250. The minimum absolute atomic E-state index is 0.0598. The zero-order valence-electron chi connectivity index (χ0n) is 16.6. The van der Waals surface area contributed by atoms with E-state index in [4.69, 9.17) is 0 Å². The molecule has 1 N–H and O–H groups in total. The van der Waals surface area contributed by atoms with Crippen LogP contribution in [0.1, 0.15) is 16.7 Å². The van der Waals surface area contributed by atoms with Crippen LogP contribution in [0.3, 0.4) is 0 Å². The first-order valence-corrected chi connectivity index (χ1v) is 9.90. The summed E-state index contributed by atoms with van der Waals surface area (Å²) >= 11 is 1.23. The van der Waals surface area contributed by atoms with Crippen molar-refractivity contribution in [2.24, 2.45) is 7.05 Å². The Morgan fingerprint density at radius 2 is 1.86 bits per heavy atom. The predicted molar refractivity (Wildman–Crippen MR) is 113 cm³/mol. The second-order valence-corrected chi connectivity index (χ2v) is 7.62. The molecular weight excluding hydrogens is 390 g/mol. The number of anilines is 1. The van der Waals surface area contributed by atoms with Crippen LogP contribution in [-0.2, 0) is 11.8 Å². The number of rotatable bonds is 6. The number of hydrogen-bond donors (Lipinski definition) is 1. The Morgan fingerprint density at radius 1 is 1.14 bits per heavy atom. The first kappa shape index (κ1) is 20.5. The Morgan fingerprint density at radius 3 is 2.55 bits per heavy atom. The van der Waals surface area contributed by atoms with Crippen molar-refractivity contribution in [3.05, 3.63) is 63.2 Å². The molecule has 1 aromatic heterocycles. The second-order valence-electron chi connectivity index (χ2n) is 6.68. The predicted octanol–water partition coefficient (Wildman–Crippen LogP) is 4.05. The number of carbonyl (C=O) groups excluding carboxylic acids is 1. The van der Waals surface area contributed by atoms with E-state index >= 15 is 0 Å². The van der Waals surface area contributed by atoms with E-state index in [1.54, 1.807) is 13.0 Å². The number of amides is 1. The van der Waals surface area contributed by atoms with E-state index in [9.17, 15) is 14.9 Å². The molecule has 8 nitrogen and oxygen atoms in total. The molecule has 0 aliphatic rings. The normalized spacial score (nSPS) is 10.8. The number of nitrogens with zero attached hydrogens (tertiary/aromatic N) is 4. The highest BCUT2D eigenvalue weighted by Gasteiger charge is 2.20. The van der Waals surface area contributed by atoms with Crippen molar-refractivity contribution in [3.63, 3.8) is 0 Å². The van der Waals surface area contributed by atoms with Crippen LogP contribution in [0.25, 0.3) is 11.4 Å². The summed E-state index contributed by atoms with van der Waals surface area (Å²) in [6.45, 7) is 5.60. The van der Waals surface area contributed by atoms with E-state index in [0.29, 0.717) is 10.7 Å². The molecule has 3 rings (SSSR count). The van der Waals surface area contributed by atoms with Gasteiger partial charge in [0.05, 0.1) is 10.7 Å². The third-order valence-electron chi connectivity index (χ3n) is 4.73. The van der Waals surface area contributed by atoms with Crippen molar-refractivity contribution >= 4 is 29.0 Å². The van der Waals surface area contributed by atoms with Gasteiger partial charge in [0.15, 0.2) is 11.0 Å². The number of aryl methyl sites for hydroxylation is 2. The van der Waals surface area contributed by atoms with E-state index in [1.165, 1.54) is 17.8 Å². The first-order chi connectivity index (χ1) is 13.8. The molecule has 150 valence electrons. The second kappa shape index (κ2) is 8.44. The number of thioether (sulfide) groups is 1. The highest BCUT2D eigenvalue weighted by atomic mass is 32.2. The molecule has 0 aliphatic carbocycles. The average molecular weight is 411 g/mol. The largest absolute Gasteiger partial charge is 0.319 e. The zero-order chi connectivity index (χ0) is 21.1. The molecule has 1 heterocycles. The van der Waals surface area contributed by atoms with Crippen molar-refractivity contribution in [2.45, 2.75) is 25.9 Å². The number of nitro benzene ring substituents is 1. The van der Waals surface area contributed by atoms with Crippen LogP contribution in [0, 0.1) is 30.9 Å². The van der Waals surface area contributed by atoms with Crippen molar-refractivity contribution in [3.8, 4) is 11.4 Å². The molecular formula is C20H21N5O3S. The number of carbonyl (C=O) groups is 1. The molecule has 0 radical (unpaired) electrons. The molecule has 3 aromatic rings. The van der Waals surface area contributed by atoms with Crippen LogP contribution in [0.5, 0.6) is 0 Å². The van der Waals surface area contributed by atoms with Crippen LogP contribution < -0.4 is 5.32 Å². The van der Waals surface area contributed by atoms with Crippen LogP contribution in [-0.4, -0.2) is 31.3 Å². The summed E-state index contributed by atoms with van der Waals surface area (Å²) in [5, 5.41) is 23.0. The Kier molecular flexibility index (Phi) is 5.97. The van der Waals surface area contributed by atoms with Crippen LogP contribution >= 0.6 is 11.8 Å². The summed E-state index contributed by atoms with van der Waals surface area (Å²) in [6, 6.07) is 10.9. The van der Waals surface area contributed by atoms with Crippen LogP contribution in [0.4, 0.5) is 11.4 Å². The lowest BCUT2D eigenvalue weighted by Crippen LogP contribution is -2.16. The summed E-state index contributed by atoms with van der Waals surface area (Å²) in [4.78, 5) is 23.2. The lowest BCUT2D eigenvalue weighted by atomic mass is 10.1. The van der Waals surface area contributed by atoms with Gasteiger partial charge in [-0.15, -0.1) is 10.2 Å². The Bertz CT molecular complexity index is 1090. The van der Waals surface area contributed by atoms with Gasteiger partial charge >= 0.3 is 0 Å². The molecule has 0 aliphatic heterocycles. The highest BCUT2D eigenvalue weighted by molar-refractivity contribution is 7.99. The molecule has 0 spiro atoms. The highest BCUT2D eigenvalue weighted by Crippen LogP contribution is 2.31. The van der Waals surface area contributed by atoms with Gasteiger partial charge in [0.1, 0.15) is 5.69 Å². The summed E-state index contributed by atoms with van der Waals surface area (Å²) in [5.74, 6) is 0.438. The van der Waals surface area contributed by atoms with Gasteiger partial charge in [-0.3, -0.25) is 14.9 Å². The standard InChI is InChI=1S/C20H21N5O3S/c1-12-9-10-16(25(27)28)18(14(12)3)21-17(26)11-29-20-23-22-19(24(20)4)15-8-6-5-7-13(15)2/h5-10H,11H2,1-4H3,(H,21,26). The minimum atomic E-state index is -0.494. The van der Waals surface area contributed by atoms with Gasteiger partial charge in [-0.1, -0.05) is 42.1 Å². The summed E-state index contributed by atoms with van der Waals surface area (Å²) in [6.07, 6.45) is 0. The summed E-state index contributed by atoms with van der Waals surface area (Å²) < 4.78 is 1.83. The van der Waals surface area contributed by atoms with E-state index in [0.717, 1.165) is 22.5 Å². The van der Waals surface area contributed by atoms with Gasteiger partial charge in [-0.2, -0.15) is 0 Å². The monoisotopic (exact) mass is 411 g/mol. The third-order valence-corrected chi connectivity index (χ3v) is 5.75. The van der Waals surface area contributed by atoms with E-state index in [2.05, 4.69) is 15.5 Å². The minimum Gasteiger partial charge on any atom is -0.319 e. The molecule has 29 heavy (non-hydrogen) atoms. The smallest absolute Gasteiger partial charge is 0.293 e. The maximum Gasteiger partial charge on any atom is 0.293 e. The van der Waals surface area contributed by atoms with E-state index in [-0.39, 0.29) is 23.0 Å². The number of aromatic nitrogens is 3. The van der Waals surface area contributed by atoms with Gasteiger partial charge in [-0.05, 0) is 37.5 Å². The fourth-order valence-corrected chi connectivity index (χ4v) is 3.63. The molecule has 0 fully saturated rings. The Labute approximate surface area is 172 Å². The fourth-order valence-electron chi connectivity index (χ4n) is 2.92. The maximum absolute atomic E-state index is 12.5. The molecule has 1 amide bonds. The van der Waals surface area contributed by atoms with E-state index < -0.39 is 4.92 Å². The SMILES string of the molecule is Cc1ccccc1-c1nnc(SCC(=O)Nc2c([N+](=O)[O-])ccc(C)c2C)n1C. The van der Waals surface area contributed by atoms with Gasteiger partial charge < -0.3 is 9.88 Å². The van der Waals surface area contributed by atoms with Crippen molar-refractivity contribution in [1.82, 2.24) is 14.8 Å². The number of benzene rings is 2. The zero-order valence-corrected chi connectivity index (χ0v) is 17.4. The van der Waals surface area contributed by atoms with Gasteiger partial charge in [0, 0.05) is 18.7 Å². The van der Waals surface area contributed by atoms with E-state index in [1.807, 2.05) is 49.7 Å². The van der Waals surface area contributed by atoms with Crippen LogP contribution in [0.2, 0.25) is 0 Å². The van der Waals surface area contributed by atoms with Gasteiger partial charge in [-0.25, -0.2) is 0 Å². The summed E-state index contributed by atoms with van der Waals surface area (Å²) in [7, 11) is 1.84. The molecule has 0 bridgehead atoms. The van der Waals surface area contributed by atoms with Crippen molar-refractivity contribution in [2.75, 3.05) is 11.1 Å². The van der Waals surface area contributed by atoms with Gasteiger partial charge in [0.25, 0.3) is 5.69 Å². The Balaban J connectivity index is 1.74. The molecule has 0 saturated carbocycles. The maximum atomic E-state index is 12.5. The van der Waals surface area contributed by atoms with Crippen molar-refractivity contribution < 1.29 is 9.72 Å².